The van der Waals surface area contributed by atoms with Gasteiger partial charge in [-0.2, -0.15) is 0 Å². The quantitative estimate of drug-likeness (QED) is 0.451. The summed E-state index contributed by atoms with van der Waals surface area (Å²) < 4.78 is 2.71. The second kappa shape index (κ2) is 9.03. The van der Waals surface area contributed by atoms with E-state index in [9.17, 15) is 9.59 Å². The summed E-state index contributed by atoms with van der Waals surface area (Å²) in [5.41, 5.74) is 8.48. The van der Waals surface area contributed by atoms with Gasteiger partial charge in [0.1, 0.15) is 6.33 Å². The molecule has 0 bridgehead atoms. The van der Waals surface area contributed by atoms with Crippen LogP contribution in [0, 0.1) is 13.8 Å². The summed E-state index contributed by atoms with van der Waals surface area (Å²) in [7, 11) is 0. The first-order valence-corrected chi connectivity index (χ1v) is 10.2. The van der Waals surface area contributed by atoms with Crippen molar-refractivity contribution in [2.45, 2.75) is 19.0 Å². The second-order valence-electron chi connectivity index (χ2n) is 6.07. The van der Waals surface area contributed by atoms with Gasteiger partial charge in [-0.05, 0) is 49.7 Å². The lowest BCUT2D eigenvalue weighted by Gasteiger charge is -2.10. The SMILES string of the molecule is Cc1ccc(-n2cnnc2SCC(=O)NNC(=O)c2ccc(Br)cc2)c(C)c1. The Morgan fingerprint density at radius 3 is 2.57 bits per heavy atom. The van der Waals surface area contributed by atoms with Gasteiger partial charge in [0.05, 0.1) is 11.4 Å². The molecule has 9 heteroatoms. The number of rotatable bonds is 5. The number of thioether (sulfide) groups is 1. The van der Waals surface area contributed by atoms with Crippen molar-refractivity contribution >= 4 is 39.5 Å². The van der Waals surface area contributed by atoms with Crippen LogP contribution in [0.3, 0.4) is 0 Å². The Morgan fingerprint density at radius 2 is 1.86 bits per heavy atom. The lowest BCUT2D eigenvalue weighted by atomic mass is 10.1. The summed E-state index contributed by atoms with van der Waals surface area (Å²) in [5.74, 6) is -0.639. The van der Waals surface area contributed by atoms with Gasteiger partial charge in [0.2, 0.25) is 5.91 Å². The van der Waals surface area contributed by atoms with Crippen LogP contribution >= 0.6 is 27.7 Å². The third-order valence-electron chi connectivity index (χ3n) is 3.88. The number of halogens is 1. The molecule has 3 aromatic rings. The van der Waals surface area contributed by atoms with Gasteiger partial charge in [-0.25, -0.2) is 0 Å². The number of nitrogens with one attached hydrogen (secondary N) is 2. The maximum atomic E-state index is 12.1. The Kier molecular flexibility index (Phi) is 6.48. The van der Waals surface area contributed by atoms with Crippen molar-refractivity contribution in [3.05, 3.63) is 70.0 Å². The van der Waals surface area contributed by atoms with E-state index >= 15 is 0 Å². The molecule has 2 N–H and O–H groups in total. The summed E-state index contributed by atoms with van der Waals surface area (Å²) >= 11 is 4.55. The number of carbonyl (C=O) groups is 2. The Bertz CT molecular complexity index is 1000. The van der Waals surface area contributed by atoms with Crippen LogP contribution in [-0.2, 0) is 4.79 Å². The number of hydrogen-bond acceptors (Lipinski definition) is 5. The topological polar surface area (TPSA) is 88.9 Å². The van der Waals surface area contributed by atoms with Crippen molar-refractivity contribution in [2.24, 2.45) is 0 Å². The number of hydrazine groups is 1. The highest BCUT2D eigenvalue weighted by molar-refractivity contribution is 9.10. The number of carbonyl (C=O) groups excluding carboxylic acids is 2. The third-order valence-corrected chi connectivity index (χ3v) is 5.35. The van der Waals surface area contributed by atoms with Gasteiger partial charge in [0.15, 0.2) is 5.16 Å². The molecule has 2 amide bonds. The van der Waals surface area contributed by atoms with E-state index in [0.29, 0.717) is 10.7 Å². The molecule has 3 rings (SSSR count). The molecule has 2 aromatic carbocycles. The molecule has 0 unspecified atom stereocenters. The maximum Gasteiger partial charge on any atom is 0.269 e. The first-order chi connectivity index (χ1) is 13.4. The number of aromatic nitrogens is 3. The van der Waals surface area contributed by atoms with Gasteiger partial charge in [-0.3, -0.25) is 25.0 Å². The molecule has 0 saturated heterocycles. The Morgan fingerprint density at radius 1 is 1.11 bits per heavy atom. The van der Waals surface area contributed by atoms with E-state index in [0.717, 1.165) is 15.7 Å². The van der Waals surface area contributed by atoms with Crippen LogP contribution in [0.25, 0.3) is 5.69 Å². The van der Waals surface area contributed by atoms with Gasteiger partial charge in [0, 0.05) is 10.0 Å². The zero-order valence-electron chi connectivity index (χ0n) is 15.3. The molecule has 1 heterocycles. The zero-order valence-corrected chi connectivity index (χ0v) is 17.7. The summed E-state index contributed by atoms with van der Waals surface area (Å²) in [6.45, 7) is 4.05. The van der Waals surface area contributed by atoms with Crippen LogP contribution in [0.5, 0.6) is 0 Å². The van der Waals surface area contributed by atoms with Crippen molar-refractivity contribution in [3.8, 4) is 5.69 Å². The summed E-state index contributed by atoms with van der Waals surface area (Å²) in [6.07, 6.45) is 1.62. The van der Waals surface area contributed by atoms with E-state index in [1.807, 2.05) is 30.5 Å². The Hall–Kier alpha value is -2.65. The maximum absolute atomic E-state index is 12.1. The van der Waals surface area contributed by atoms with Gasteiger partial charge in [-0.1, -0.05) is 45.4 Å². The van der Waals surface area contributed by atoms with Crippen LogP contribution in [-0.4, -0.2) is 32.3 Å². The number of aryl methyl sites for hydroxylation is 2. The molecule has 0 radical (unpaired) electrons. The minimum Gasteiger partial charge on any atom is -0.276 e. The lowest BCUT2D eigenvalue weighted by molar-refractivity contribution is -0.119. The van der Waals surface area contributed by atoms with Crippen LogP contribution in [0.2, 0.25) is 0 Å². The average molecular weight is 460 g/mol. The Labute approximate surface area is 175 Å². The zero-order chi connectivity index (χ0) is 20.1. The summed E-state index contributed by atoms with van der Waals surface area (Å²) in [4.78, 5) is 24.1. The number of nitrogens with zero attached hydrogens (tertiary/aromatic N) is 3. The highest BCUT2D eigenvalue weighted by atomic mass is 79.9. The summed E-state index contributed by atoms with van der Waals surface area (Å²) in [5, 5.41) is 8.63. The molecule has 7 nitrogen and oxygen atoms in total. The van der Waals surface area contributed by atoms with E-state index in [1.54, 1.807) is 30.6 Å². The molecule has 0 spiro atoms. The predicted molar refractivity (Wildman–Crippen MR) is 111 cm³/mol. The number of amides is 2. The van der Waals surface area contributed by atoms with Crippen LogP contribution in [0.4, 0.5) is 0 Å². The van der Waals surface area contributed by atoms with E-state index in [2.05, 4.69) is 43.0 Å². The van der Waals surface area contributed by atoms with Crippen LogP contribution in [0.15, 0.2) is 58.4 Å². The largest absolute Gasteiger partial charge is 0.276 e. The van der Waals surface area contributed by atoms with E-state index in [1.165, 1.54) is 17.3 Å². The molecule has 144 valence electrons. The normalized spacial score (nSPS) is 10.5. The van der Waals surface area contributed by atoms with Crippen LogP contribution < -0.4 is 10.9 Å². The fraction of sp³-hybridized carbons (Fsp3) is 0.158. The monoisotopic (exact) mass is 459 g/mol. The minimum atomic E-state index is -0.385. The molecule has 1 aromatic heterocycles. The summed E-state index contributed by atoms with van der Waals surface area (Å²) in [6, 6.07) is 12.9. The van der Waals surface area contributed by atoms with Gasteiger partial charge in [-0.15, -0.1) is 10.2 Å². The van der Waals surface area contributed by atoms with Crippen molar-refractivity contribution < 1.29 is 9.59 Å². The minimum absolute atomic E-state index is 0.0875. The molecular formula is C19H18BrN5O2S. The smallest absolute Gasteiger partial charge is 0.269 e. The highest BCUT2D eigenvalue weighted by Gasteiger charge is 2.13. The average Bonchev–Trinajstić information content (AvgIpc) is 3.13. The van der Waals surface area contributed by atoms with Crippen molar-refractivity contribution in [1.82, 2.24) is 25.6 Å². The molecule has 0 atom stereocenters. The standard InChI is InChI=1S/C19H18BrN5O2S/c1-12-3-8-16(13(2)9-12)25-11-21-24-19(25)28-10-17(26)22-23-18(27)14-4-6-15(20)7-5-14/h3-9,11H,10H2,1-2H3,(H,22,26)(H,23,27). The van der Waals surface area contributed by atoms with E-state index in [-0.39, 0.29) is 17.6 Å². The fourth-order valence-electron chi connectivity index (χ4n) is 2.53. The van der Waals surface area contributed by atoms with Crippen LogP contribution in [0.1, 0.15) is 21.5 Å². The van der Waals surface area contributed by atoms with Crippen molar-refractivity contribution in [3.63, 3.8) is 0 Å². The van der Waals surface area contributed by atoms with E-state index in [4.69, 9.17) is 0 Å². The third kappa shape index (κ3) is 4.99. The molecule has 0 saturated carbocycles. The first-order valence-electron chi connectivity index (χ1n) is 8.39. The molecule has 0 aliphatic rings. The number of hydrogen-bond donors (Lipinski definition) is 2. The van der Waals surface area contributed by atoms with Gasteiger partial charge >= 0.3 is 0 Å². The molecule has 0 fully saturated rings. The van der Waals surface area contributed by atoms with Gasteiger partial charge in [0.25, 0.3) is 5.91 Å². The molecule has 0 aliphatic carbocycles. The van der Waals surface area contributed by atoms with Crippen molar-refractivity contribution in [2.75, 3.05) is 5.75 Å². The fourth-order valence-corrected chi connectivity index (χ4v) is 3.52. The lowest BCUT2D eigenvalue weighted by Crippen LogP contribution is -2.42. The molecular weight excluding hydrogens is 442 g/mol. The van der Waals surface area contributed by atoms with E-state index < -0.39 is 0 Å². The highest BCUT2D eigenvalue weighted by Crippen LogP contribution is 2.22. The van der Waals surface area contributed by atoms with Gasteiger partial charge < -0.3 is 0 Å². The molecule has 28 heavy (non-hydrogen) atoms. The predicted octanol–water partition coefficient (Wildman–Crippen LogP) is 3.20. The Balaban J connectivity index is 1.56. The first kappa shape index (κ1) is 20.1. The second-order valence-corrected chi connectivity index (χ2v) is 7.93. The van der Waals surface area contributed by atoms with Crippen molar-refractivity contribution in [1.29, 1.82) is 0 Å². The molecule has 0 aliphatic heterocycles. The number of benzene rings is 2.